The highest BCUT2D eigenvalue weighted by atomic mass is 16.2. The van der Waals surface area contributed by atoms with E-state index in [1.54, 1.807) is 0 Å². The van der Waals surface area contributed by atoms with Gasteiger partial charge >= 0.3 is 0 Å². The first-order chi connectivity index (χ1) is 20.0. The van der Waals surface area contributed by atoms with E-state index in [0.29, 0.717) is 45.2 Å². The van der Waals surface area contributed by atoms with Gasteiger partial charge in [-0.1, -0.05) is 59.3 Å². The maximum Gasteiger partial charge on any atom is 0.240 e. The van der Waals surface area contributed by atoms with Crippen molar-refractivity contribution < 1.29 is 24.0 Å². The predicted octanol–water partition coefficient (Wildman–Crippen LogP) is 1.40. The number of ketones is 2. The van der Waals surface area contributed by atoms with Crippen LogP contribution in [-0.2, 0) is 24.0 Å². The summed E-state index contributed by atoms with van der Waals surface area (Å²) in [6.07, 6.45) is 7.53. The van der Waals surface area contributed by atoms with Gasteiger partial charge in [0.15, 0.2) is 11.7 Å². The summed E-state index contributed by atoms with van der Waals surface area (Å²) in [7, 11) is 0. The Bertz CT molecular complexity index is 964. The van der Waals surface area contributed by atoms with Crippen molar-refractivity contribution in [1.82, 2.24) is 21.3 Å². The molecule has 3 amide bonds. The van der Waals surface area contributed by atoms with Crippen molar-refractivity contribution in [3.8, 4) is 0 Å². The number of guanidine groups is 1. The van der Waals surface area contributed by atoms with E-state index >= 15 is 0 Å². The lowest BCUT2D eigenvalue weighted by Crippen LogP contribution is -2.61. The number of carbonyl (C=O) groups excluding carboxylic acids is 5. The van der Waals surface area contributed by atoms with Crippen LogP contribution in [0.15, 0.2) is 0 Å². The molecule has 5 atom stereocenters. The fourth-order valence-electron chi connectivity index (χ4n) is 6.32. The first kappa shape index (κ1) is 35.2. The number of piperidine rings is 1. The lowest BCUT2D eigenvalue weighted by Gasteiger charge is -2.42. The Morgan fingerprint density at radius 1 is 0.905 bits per heavy atom. The summed E-state index contributed by atoms with van der Waals surface area (Å²) in [5.74, 6) is -3.32. The van der Waals surface area contributed by atoms with Gasteiger partial charge in [0.05, 0.1) is 12.1 Å². The van der Waals surface area contributed by atoms with Crippen LogP contribution in [0.3, 0.4) is 0 Å². The summed E-state index contributed by atoms with van der Waals surface area (Å²) in [5.41, 5.74) is 9.95. The lowest BCUT2D eigenvalue weighted by molar-refractivity contribution is -0.148. The Morgan fingerprint density at radius 3 is 2.07 bits per heavy atom. The van der Waals surface area contributed by atoms with Gasteiger partial charge in [0.25, 0.3) is 0 Å². The second kappa shape index (κ2) is 17.2. The van der Waals surface area contributed by atoms with E-state index in [9.17, 15) is 24.0 Å². The Kier molecular flexibility index (Phi) is 14.4. The van der Waals surface area contributed by atoms with Gasteiger partial charge in [-0.15, -0.1) is 0 Å². The number of hydrogen-bond acceptors (Lipinski definition) is 7. The number of amides is 3. The van der Waals surface area contributed by atoms with Gasteiger partial charge in [0.1, 0.15) is 11.8 Å². The van der Waals surface area contributed by atoms with Crippen molar-refractivity contribution >= 4 is 35.2 Å². The summed E-state index contributed by atoms with van der Waals surface area (Å²) in [4.78, 5) is 66.6. The fourth-order valence-corrected chi connectivity index (χ4v) is 6.32. The molecule has 2 aliphatic rings. The Morgan fingerprint density at radius 2 is 1.52 bits per heavy atom. The van der Waals surface area contributed by atoms with Crippen LogP contribution in [-0.4, -0.2) is 66.5 Å². The molecule has 0 bridgehead atoms. The molecule has 42 heavy (non-hydrogen) atoms. The first-order valence-corrected chi connectivity index (χ1v) is 15.8. The Hall–Kier alpha value is -3.02. The highest BCUT2D eigenvalue weighted by Gasteiger charge is 2.50. The van der Waals surface area contributed by atoms with Crippen LogP contribution in [0.4, 0.5) is 0 Å². The molecule has 0 aromatic rings. The number of rotatable bonds is 19. The molecule has 2 fully saturated rings. The van der Waals surface area contributed by atoms with Crippen LogP contribution < -0.4 is 32.7 Å². The summed E-state index contributed by atoms with van der Waals surface area (Å²) in [6, 6.07) is -2.02. The molecule has 2 heterocycles. The third-order valence-corrected chi connectivity index (χ3v) is 8.81. The number of hydrogen-bond donors (Lipinski definition) is 7. The zero-order chi connectivity index (χ0) is 31.3. The van der Waals surface area contributed by atoms with Crippen molar-refractivity contribution in [2.24, 2.45) is 28.7 Å². The third kappa shape index (κ3) is 9.78. The van der Waals surface area contributed by atoms with E-state index < -0.39 is 41.1 Å². The molecule has 0 aromatic carbocycles. The third-order valence-electron chi connectivity index (χ3n) is 8.81. The number of primary amides is 1. The van der Waals surface area contributed by atoms with E-state index in [2.05, 4.69) is 28.2 Å². The average Bonchev–Trinajstić information content (AvgIpc) is 2.95. The molecule has 12 heteroatoms. The van der Waals surface area contributed by atoms with Gasteiger partial charge < -0.3 is 32.7 Å². The molecule has 238 valence electrons. The van der Waals surface area contributed by atoms with Crippen LogP contribution >= 0.6 is 0 Å². The van der Waals surface area contributed by atoms with E-state index in [1.807, 2.05) is 13.8 Å². The quantitative estimate of drug-likeness (QED) is 0.0661. The first-order valence-electron chi connectivity index (χ1n) is 15.8. The summed E-state index contributed by atoms with van der Waals surface area (Å²) < 4.78 is 0. The maximum absolute atomic E-state index is 14.7. The van der Waals surface area contributed by atoms with Crippen molar-refractivity contribution in [3.05, 3.63) is 0 Å². The van der Waals surface area contributed by atoms with Gasteiger partial charge in [0.2, 0.25) is 17.7 Å². The second-order valence-electron chi connectivity index (χ2n) is 12.1. The minimum atomic E-state index is -1.02. The molecule has 12 nitrogen and oxygen atoms in total. The van der Waals surface area contributed by atoms with Gasteiger partial charge in [-0.05, 0) is 38.5 Å². The number of Topliss-reactive ketones (excluding diaryl/α,β-unsaturated/α-hetero) is 2. The van der Waals surface area contributed by atoms with Crippen molar-refractivity contribution in [1.29, 1.82) is 5.41 Å². The fraction of sp³-hybridized carbons (Fsp3) is 0.800. The molecule has 1 unspecified atom stereocenters. The monoisotopic (exact) mass is 591 g/mol. The number of nitrogens with one attached hydrogen (secondary N) is 5. The molecular formula is C30H53N7O5. The van der Waals surface area contributed by atoms with Crippen molar-refractivity contribution in [2.75, 3.05) is 13.1 Å². The standard InChI is InChI=1S/C30H53N7O5/c1-4-7-12-21-28(42)37-23(18-35-21)24(38)17-30(13-8-5-2,14-9-6-3)25(39)20-16-22(26(31)40)36-27(41)19(20)11-10-15-34-29(32)33/h19-23,35H,4-18H2,1-3H3,(H2,31,40)(H,36,41)(H,37,42)(H4,32,33,34)/t19-,20?,21+,22-,23-/m1/s1. The summed E-state index contributed by atoms with van der Waals surface area (Å²) in [6.45, 7) is 6.79. The zero-order valence-electron chi connectivity index (χ0n) is 25.7. The normalized spacial score (nSPS) is 24.4. The maximum atomic E-state index is 14.7. The van der Waals surface area contributed by atoms with E-state index in [4.69, 9.17) is 16.9 Å². The number of piperazine rings is 1. The summed E-state index contributed by atoms with van der Waals surface area (Å²) >= 11 is 0. The van der Waals surface area contributed by atoms with E-state index in [-0.39, 0.29) is 42.3 Å². The molecule has 0 radical (unpaired) electrons. The van der Waals surface area contributed by atoms with E-state index in [0.717, 1.165) is 38.5 Å². The number of nitrogens with two attached hydrogens (primary N) is 2. The van der Waals surface area contributed by atoms with Gasteiger partial charge in [-0.2, -0.15) is 0 Å². The van der Waals surface area contributed by atoms with Gasteiger partial charge in [0, 0.05) is 36.8 Å². The predicted molar refractivity (Wildman–Crippen MR) is 161 cm³/mol. The van der Waals surface area contributed by atoms with E-state index in [1.165, 1.54) is 0 Å². The smallest absolute Gasteiger partial charge is 0.240 e. The molecule has 0 spiro atoms. The highest BCUT2D eigenvalue weighted by Crippen LogP contribution is 2.43. The Balaban J connectivity index is 2.37. The minimum Gasteiger partial charge on any atom is -0.370 e. The Labute approximate surface area is 250 Å². The van der Waals surface area contributed by atoms with Crippen LogP contribution in [0.2, 0.25) is 0 Å². The van der Waals surface area contributed by atoms with Crippen LogP contribution in [0.25, 0.3) is 0 Å². The number of unbranched alkanes of at least 4 members (excludes halogenated alkanes) is 3. The molecule has 0 aromatic heterocycles. The molecule has 0 aliphatic carbocycles. The van der Waals surface area contributed by atoms with Crippen molar-refractivity contribution in [2.45, 2.75) is 122 Å². The van der Waals surface area contributed by atoms with Crippen LogP contribution in [0, 0.1) is 22.7 Å². The molecule has 2 aliphatic heterocycles. The van der Waals surface area contributed by atoms with Gasteiger partial charge in [-0.3, -0.25) is 29.4 Å². The molecule has 2 saturated heterocycles. The minimum absolute atomic E-state index is 0.0317. The molecule has 0 saturated carbocycles. The lowest BCUT2D eigenvalue weighted by atomic mass is 9.63. The molecule has 2 rings (SSSR count). The highest BCUT2D eigenvalue weighted by molar-refractivity contribution is 6.00. The topological polar surface area (TPSA) is 209 Å². The zero-order valence-corrected chi connectivity index (χ0v) is 25.7. The SMILES string of the molecule is CCCC[C@@H]1NC[C@H](C(=O)CC(CCCC)(CCCC)C(=O)C2C[C@H](C(N)=O)NC(=O)[C@@H]2CCCNC(=N)N)NC1=O. The largest absolute Gasteiger partial charge is 0.370 e. The van der Waals surface area contributed by atoms with Crippen LogP contribution in [0.5, 0.6) is 0 Å². The summed E-state index contributed by atoms with van der Waals surface area (Å²) in [5, 5.41) is 18.9. The van der Waals surface area contributed by atoms with Gasteiger partial charge in [-0.25, -0.2) is 0 Å². The molecular weight excluding hydrogens is 538 g/mol. The molecule has 9 N–H and O–H groups in total. The van der Waals surface area contributed by atoms with Crippen molar-refractivity contribution in [3.63, 3.8) is 0 Å². The number of carbonyl (C=O) groups is 5. The second-order valence-corrected chi connectivity index (χ2v) is 12.1. The average molecular weight is 592 g/mol. The van der Waals surface area contributed by atoms with Crippen LogP contribution in [0.1, 0.15) is 104 Å².